The van der Waals surface area contributed by atoms with E-state index in [1.807, 2.05) is 41.3 Å². The summed E-state index contributed by atoms with van der Waals surface area (Å²) in [6, 6.07) is 11.7. The van der Waals surface area contributed by atoms with Crippen molar-refractivity contribution in [2.45, 2.75) is 19.3 Å². The predicted molar refractivity (Wildman–Crippen MR) is 86.2 cm³/mol. The molecule has 0 aromatic heterocycles. The minimum Gasteiger partial charge on any atom is -0.550 e. The number of piperidine rings is 1. The van der Waals surface area contributed by atoms with Crippen molar-refractivity contribution < 1.29 is 14.7 Å². The van der Waals surface area contributed by atoms with Crippen LogP contribution in [0.5, 0.6) is 0 Å². The van der Waals surface area contributed by atoms with Crippen molar-refractivity contribution in [2.75, 3.05) is 19.6 Å². The van der Waals surface area contributed by atoms with Crippen LogP contribution < -0.4 is 10.4 Å². The van der Waals surface area contributed by atoms with Gasteiger partial charge in [0, 0.05) is 37.7 Å². The van der Waals surface area contributed by atoms with Gasteiger partial charge in [-0.25, -0.2) is 0 Å². The van der Waals surface area contributed by atoms with Crippen LogP contribution in [0.3, 0.4) is 0 Å². The summed E-state index contributed by atoms with van der Waals surface area (Å²) in [7, 11) is 0. The van der Waals surface area contributed by atoms with E-state index in [9.17, 15) is 20.0 Å². The Morgan fingerprint density at radius 1 is 1.29 bits per heavy atom. The first-order valence-corrected chi connectivity index (χ1v) is 7.99. The normalized spacial score (nSPS) is 15.6. The van der Waals surface area contributed by atoms with Gasteiger partial charge in [0.15, 0.2) is 0 Å². The Morgan fingerprint density at radius 3 is 2.54 bits per heavy atom. The molecule has 0 bridgehead atoms. The lowest BCUT2D eigenvalue weighted by Gasteiger charge is -2.31. The first-order valence-electron chi connectivity index (χ1n) is 7.99. The van der Waals surface area contributed by atoms with Crippen LogP contribution in [0.25, 0.3) is 0 Å². The second-order valence-corrected chi connectivity index (χ2v) is 5.78. The van der Waals surface area contributed by atoms with Gasteiger partial charge in [0.05, 0.1) is 0 Å². The van der Waals surface area contributed by atoms with E-state index in [0.29, 0.717) is 38.9 Å². The molecule has 1 amide bonds. The van der Waals surface area contributed by atoms with Gasteiger partial charge in [0.1, 0.15) is 11.6 Å². The van der Waals surface area contributed by atoms with Crippen LogP contribution in [0.1, 0.15) is 18.4 Å². The number of nitriles is 1. The van der Waals surface area contributed by atoms with E-state index < -0.39 is 17.8 Å². The van der Waals surface area contributed by atoms with E-state index in [1.165, 1.54) is 6.20 Å². The zero-order valence-electron chi connectivity index (χ0n) is 13.4. The Labute approximate surface area is 141 Å². The maximum absolute atomic E-state index is 12.1. The van der Waals surface area contributed by atoms with Crippen molar-refractivity contribution in [3.05, 3.63) is 47.7 Å². The summed E-state index contributed by atoms with van der Waals surface area (Å²) in [6.07, 6.45) is 3.14. The number of likely N-dealkylation sites (tertiary alicyclic amines) is 1. The highest BCUT2D eigenvalue weighted by molar-refractivity contribution is 5.97. The van der Waals surface area contributed by atoms with Gasteiger partial charge in [0.25, 0.3) is 5.91 Å². The maximum Gasteiger partial charge on any atom is 0.263 e. The third kappa shape index (κ3) is 5.13. The molecular weight excluding hydrogens is 306 g/mol. The van der Waals surface area contributed by atoms with Gasteiger partial charge in [-0.3, -0.25) is 4.79 Å². The summed E-state index contributed by atoms with van der Waals surface area (Å²) >= 11 is 0. The standard InChI is InChI=1S/C18H21N3O3/c19-12-16(13-21-10-7-15(8-11-21)18(23)24)17(22)20-9-6-14-4-2-1-3-5-14/h1-5,13,15H,6-11H2,(H,20,22)(H,23,24)/p-1. The summed E-state index contributed by atoms with van der Waals surface area (Å²) in [6.45, 7) is 1.46. The van der Waals surface area contributed by atoms with Gasteiger partial charge in [-0.05, 0) is 24.8 Å². The lowest BCUT2D eigenvalue weighted by Crippen LogP contribution is -2.39. The molecule has 6 nitrogen and oxygen atoms in total. The average Bonchev–Trinajstić information content (AvgIpc) is 2.60. The number of carboxylic acid groups (broad SMARTS) is 1. The highest BCUT2D eigenvalue weighted by Crippen LogP contribution is 2.17. The molecule has 0 radical (unpaired) electrons. The van der Waals surface area contributed by atoms with E-state index in [1.54, 1.807) is 0 Å². The number of hydrogen-bond donors (Lipinski definition) is 1. The number of benzene rings is 1. The maximum atomic E-state index is 12.1. The highest BCUT2D eigenvalue weighted by Gasteiger charge is 2.19. The number of rotatable bonds is 6. The molecule has 1 saturated heterocycles. The number of aliphatic carboxylic acids is 1. The fourth-order valence-electron chi connectivity index (χ4n) is 2.65. The van der Waals surface area contributed by atoms with Crippen molar-refractivity contribution >= 4 is 11.9 Å². The molecule has 6 heteroatoms. The van der Waals surface area contributed by atoms with Crippen LogP contribution in [-0.4, -0.2) is 36.4 Å². The monoisotopic (exact) mass is 326 g/mol. The first-order chi connectivity index (χ1) is 11.6. The number of nitrogens with one attached hydrogen (secondary N) is 1. The lowest BCUT2D eigenvalue weighted by atomic mass is 9.97. The summed E-state index contributed by atoms with van der Waals surface area (Å²) in [5.74, 6) is -1.88. The molecule has 1 aromatic carbocycles. The van der Waals surface area contributed by atoms with Gasteiger partial charge in [-0.15, -0.1) is 0 Å². The smallest absolute Gasteiger partial charge is 0.263 e. The molecule has 1 fully saturated rings. The second-order valence-electron chi connectivity index (χ2n) is 5.78. The molecule has 0 spiro atoms. The fourth-order valence-corrected chi connectivity index (χ4v) is 2.65. The Morgan fingerprint density at radius 2 is 1.96 bits per heavy atom. The van der Waals surface area contributed by atoms with E-state index in [-0.39, 0.29) is 5.57 Å². The molecule has 1 aromatic rings. The molecule has 1 aliphatic rings. The van der Waals surface area contributed by atoms with Crippen molar-refractivity contribution in [3.8, 4) is 6.07 Å². The van der Waals surface area contributed by atoms with E-state index in [2.05, 4.69) is 5.32 Å². The zero-order chi connectivity index (χ0) is 17.4. The molecule has 0 atom stereocenters. The van der Waals surface area contributed by atoms with Gasteiger partial charge in [-0.1, -0.05) is 30.3 Å². The number of amides is 1. The molecule has 0 aliphatic carbocycles. The quantitative estimate of drug-likeness (QED) is 0.596. The molecule has 1 heterocycles. The number of nitrogens with zero attached hydrogens (tertiary/aromatic N) is 2. The third-order valence-electron chi connectivity index (χ3n) is 4.08. The average molecular weight is 326 g/mol. The highest BCUT2D eigenvalue weighted by atomic mass is 16.4. The summed E-state index contributed by atoms with van der Waals surface area (Å²) in [5, 5.41) is 22.7. The number of carboxylic acids is 1. The lowest BCUT2D eigenvalue weighted by molar-refractivity contribution is -0.312. The second kappa shape index (κ2) is 8.73. The van der Waals surface area contributed by atoms with Gasteiger partial charge in [-0.2, -0.15) is 5.26 Å². The van der Waals surface area contributed by atoms with E-state index in [4.69, 9.17) is 0 Å². The molecule has 24 heavy (non-hydrogen) atoms. The van der Waals surface area contributed by atoms with E-state index in [0.717, 1.165) is 5.56 Å². The van der Waals surface area contributed by atoms with Crippen LogP contribution in [0.15, 0.2) is 42.1 Å². The van der Waals surface area contributed by atoms with Crippen molar-refractivity contribution in [1.82, 2.24) is 10.2 Å². The molecular formula is C18H20N3O3-. The van der Waals surface area contributed by atoms with E-state index >= 15 is 0 Å². The molecule has 2 rings (SSSR count). The van der Waals surface area contributed by atoms with Gasteiger partial charge in [0.2, 0.25) is 0 Å². The summed E-state index contributed by atoms with van der Waals surface area (Å²) in [4.78, 5) is 24.7. The fraction of sp³-hybridized carbons (Fsp3) is 0.389. The zero-order valence-corrected chi connectivity index (χ0v) is 13.4. The van der Waals surface area contributed by atoms with Crippen LogP contribution in [0.4, 0.5) is 0 Å². The summed E-state index contributed by atoms with van der Waals surface area (Å²) < 4.78 is 0. The van der Waals surface area contributed by atoms with Crippen molar-refractivity contribution in [3.63, 3.8) is 0 Å². The Balaban J connectivity index is 1.83. The Kier molecular flexibility index (Phi) is 6.38. The largest absolute Gasteiger partial charge is 0.550 e. The topological polar surface area (TPSA) is 96.3 Å². The van der Waals surface area contributed by atoms with Crippen LogP contribution in [-0.2, 0) is 16.0 Å². The number of carbonyl (C=O) groups excluding carboxylic acids is 2. The predicted octanol–water partition coefficient (Wildman–Crippen LogP) is 0.215. The van der Waals surface area contributed by atoms with Gasteiger partial charge < -0.3 is 20.1 Å². The number of hydrogen-bond acceptors (Lipinski definition) is 5. The first kappa shape index (κ1) is 17.5. The van der Waals surface area contributed by atoms with Crippen molar-refractivity contribution in [2.24, 2.45) is 5.92 Å². The van der Waals surface area contributed by atoms with Crippen LogP contribution >= 0.6 is 0 Å². The van der Waals surface area contributed by atoms with Crippen molar-refractivity contribution in [1.29, 1.82) is 5.26 Å². The van der Waals surface area contributed by atoms with Gasteiger partial charge >= 0.3 is 0 Å². The molecule has 126 valence electrons. The Bertz CT molecular complexity index is 641. The molecule has 1 aliphatic heterocycles. The number of carbonyl (C=O) groups is 2. The minimum atomic E-state index is -1.03. The SMILES string of the molecule is N#CC(=CN1CCC(C(=O)[O-])CC1)C(=O)NCCc1ccccc1. The molecule has 1 N–H and O–H groups in total. The summed E-state index contributed by atoms with van der Waals surface area (Å²) in [5.41, 5.74) is 1.15. The minimum absolute atomic E-state index is 0.0370. The third-order valence-corrected chi connectivity index (χ3v) is 4.08. The van der Waals surface area contributed by atoms with Crippen LogP contribution in [0, 0.1) is 17.2 Å². The molecule has 0 unspecified atom stereocenters. The Hall–Kier alpha value is -2.81. The molecule has 0 saturated carbocycles. The van der Waals surface area contributed by atoms with Crippen LogP contribution in [0.2, 0.25) is 0 Å².